The van der Waals surface area contributed by atoms with Gasteiger partial charge in [0.15, 0.2) is 6.10 Å². The number of hydrogen-bond donors (Lipinski definition) is 2. The van der Waals surface area contributed by atoms with Gasteiger partial charge in [0, 0.05) is 10.5 Å². The summed E-state index contributed by atoms with van der Waals surface area (Å²) < 4.78 is 5.97. The highest BCUT2D eigenvalue weighted by Crippen LogP contribution is 2.23. The van der Waals surface area contributed by atoms with Crippen molar-refractivity contribution in [3.8, 4) is 5.75 Å². The van der Waals surface area contributed by atoms with Crippen molar-refractivity contribution in [2.75, 3.05) is 0 Å². The van der Waals surface area contributed by atoms with Gasteiger partial charge in [-0.05, 0) is 54.4 Å². The highest BCUT2D eigenvalue weighted by atomic mass is 79.9. The van der Waals surface area contributed by atoms with Gasteiger partial charge < -0.3 is 15.2 Å². The van der Waals surface area contributed by atoms with Crippen LogP contribution in [0.5, 0.6) is 5.75 Å². The first-order chi connectivity index (χ1) is 9.85. The number of carboxylic acids is 1. The molecule has 0 aliphatic carbocycles. The number of carbonyl (C=O) groups is 2. The maximum Gasteiger partial charge on any atom is 0.336 e. The Balaban J connectivity index is 2.70. The van der Waals surface area contributed by atoms with Crippen LogP contribution >= 0.6 is 15.9 Å². The van der Waals surface area contributed by atoms with Crippen LogP contribution in [-0.4, -0.2) is 29.1 Å². The van der Waals surface area contributed by atoms with Gasteiger partial charge in [-0.3, -0.25) is 4.79 Å². The van der Waals surface area contributed by atoms with Gasteiger partial charge >= 0.3 is 5.97 Å². The van der Waals surface area contributed by atoms with E-state index in [2.05, 4.69) is 28.2 Å². The first-order valence-corrected chi connectivity index (χ1v) is 7.64. The zero-order chi connectivity index (χ0) is 16.0. The minimum Gasteiger partial charge on any atom is -0.481 e. The maximum absolute atomic E-state index is 12.0. The zero-order valence-corrected chi connectivity index (χ0v) is 13.9. The van der Waals surface area contributed by atoms with Gasteiger partial charge in [0.25, 0.3) is 5.91 Å². The monoisotopic (exact) mass is 357 g/mol. The number of ether oxygens (including phenoxy) is 1. The molecular weight excluding hydrogens is 338 g/mol. The average Bonchev–Trinajstić information content (AvgIpc) is 2.40. The Kier molecular flexibility index (Phi) is 6.68. The molecule has 0 fully saturated rings. The third-order valence-electron chi connectivity index (χ3n) is 2.96. The minimum absolute atomic E-state index is 0.0908. The predicted octanol–water partition coefficient (Wildman–Crippen LogP) is 3.22. The lowest BCUT2D eigenvalue weighted by atomic mass is 10.2. The van der Waals surface area contributed by atoms with Crippen LogP contribution in [0.3, 0.4) is 0 Å². The summed E-state index contributed by atoms with van der Waals surface area (Å²) in [5.41, 5.74) is 0.0967. The van der Waals surface area contributed by atoms with E-state index in [1.165, 1.54) is 6.07 Å². The number of carbonyl (C=O) groups excluding carboxylic acids is 1. The van der Waals surface area contributed by atoms with E-state index in [-0.39, 0.29) is 17.5 Å². The number of hydrogen-bond acceptors (Lipinski definition) is 3. The molecule has 2 N–H and O–H groups in total. The number of benzene rings is 1. The van der Waals surface area contributed by atoms with E-state index in [1.54, 1.807) is 19.1 Å². The molecule has 0 aliphatic heterocycles. The van der Waals surface area contributed by atoms with Gasteiger partial charge in [-0.25, -0.2) is 4.79 Å². The molecule has 6 heteroatoms. The number of carboxylic acid groups (broad SMARTS) is 1. The summed E-state index contributed by atoms with van der Waals surface area (Å²) in [5, 5.41) is 11.9. The van der Waals surface area contributed by atoms with E-state index >= 15 is 0 Å². The normalized spacial score (nSPS) is 13.3. The third-order valence-corrected chi connectivity index (χ3v) is 3.65. The second kappa shape index (κ2) is 8.02. The second-order valence-corrected chi connectivity index (χ2v) is 5.76. The number of nitrogens with one attached hydrogen (secondary N) is 1. The lowest BCUT2D eigenvalue weighted by molar-refractivity contribution is -0.127. The van der Waals surface area contributed by atoms with Crippen molar-refractivity contribution in [1.29, 1.82) is 0 Å². The van der Waals surface area contributed by atoms with E-state index < -0.39 is 12.1 Å². The predicted molar refractivity (Wildman–Crippen MR) is 83.7 cm³/mol. The lowest BCUT2D eigenvalue weighted by Gasteiger charge is -2.18. The Morgan fingerprint density at radius 1 is 1.38 bits per heavy atom. The highest BCUT2D eigenvalue weighted by molar-refractivity contribution is 9.10. The van der Waals surface area contributed by atoms with Gasteiger partial charge in [0.1, 0.15) is 5.75 Å². The van der Waals surface area contributed by atoms with E-state index in [0.717, 1.165) is 12.8 Å². The van der Waals surface area contributed by atoms with Crippen LogP contribution in [0.1, 0.15) is 44.0 Å². The fourth-order valence-corrected chi connectivity index (χ4v) is 2.28. The summed E-state index contributed by atoms with van der Waals surface area (Å²) >= 11 is 3.16. The summed E-state index contributed by atoms with van der Waals surface area (Å²) in [5.74, 6) is -0.918. The Morgan fingerprint density at radius 3 is 2.62 bits per heavy atom. The Bertz CT molecular complexity index is 518. The minimum atomic E-state index is -1.05. The third kappa shape index (κ3) is 5.38. The van der Waals surface area contributed by atoms with Crippen molar-refractivity contribution in [1.82, 2.24) is 5.32 Å². The molecule has 1 aromatic rings. The summed E-state index contributed by atoms with van der Waals surface area (Å²) in [7, 11) is 0. The van der Waals surface area contributed by atoms with Crippen LogP contribution in [0.25, 0.3) is 0 Å². The fraction of sp³-hybridized carbons (Fsp3) is 0.467. The zero-order valence-electron chi connectivity index (χ0n) is 12.4. The Morgan fingerprint density at radius 2 is 2.05 bits per heavy atom. The Labute approximate surface area is 132 Å². The molecule has 0 saturated heterocycles. The van der Waals surface area contributed by atoms with Gasteiger partial charge in [-0.15, -0.1) is 0 Å². The van der Waals surface area contributed by atoms with Crippen molar-refractivity contribution in [2.24, 2.45) is 0 Å². The lowest BCUT2D eigenvalue weighted by Crippen LogP contribution is -2.41. The van der Waals surface area contributed by atoms with E-state index in [1.807, 2.05) is 6.92 Å². The first kappa shape index (κ1) is 17.5. The first-order valence-electron chi connectivity index (χ1n) is 6.85. The average molecular weight is 358 g/mol. The van der Waals surface area contributed by atoms with Gasteiger partial charge in [-0.1, -0.05) is 13.3 Å². The van der Waals surface area contributed by atoms with Crippen molar-refractivity contribution in [2.45, 2.75) is 45.8 Å². The molecule has 1 amide bonds. The molecule has 2 unspecified atom stereocenters. The molecule has 5 nitrogen and oxygen atoms in total. The molecule has 0 spiro atoms. The molecule has 0 radical (unpaired) electrons. The van der Waals surface area contributed by atoms with Crippen LogP contribution in [0.2, 0.25) is 0 Å². The smallest absolute Gasteiger partial charge is 0.336 e. The SMILES string of the molecule is CCCC(C)NC(=O)C(C)Oc1ccc(Br)c(C(=O)O)c1. The molecule has 0 aliphatic rings. The number of halogens is 1. The van der Waals surface area contributed by atoms with Crippen molar-refractivity contribution in [3.05, 3.63) is 28.2 Å². The summed E-state index contributed by atoms with van der Waals surface area (Å²) in [6.45, 7) is 5.63. The van der Waals surface area contributed by atoms with E-state index in [0.29, 0.717) is 10.2 Å². The summed E-state index contributed by atoms with van der Waals surface area (Å²) in [6, 6.07) is 4.69. The molecule has 116 valence electrons. The van der Waals surface area contributed by atoms with Crippen LogP contribution in [0, 0.1) is 0 Å². The van der Waals surface area contributed by atoms with Gasteiger partial charge in [0.05, 0.1) is 5.56 Å². The molecule has 0 saturated carbocycles. The van der Waals surface area contributed by atoms with Crippen LogP contribution < -0.4 is 10.1 Å². The Hall–Kier alpha value is -1.56. The molecule has 0 bridgehead atoms. The van der Waals surface area contributed by atoms with Crippen molar-refractivity contribution >= 4 is 27.8 Å². The van der Waals surface area contributed by atoms with Crippen LogP contribution in [0.4, 0.5) is 0 Å². The van der Waals surface area contributed by atoms with Gasteiger partial charge in [-0.2, -0.15) is 0 Å². The quantitative estimate of drug-likeness (QED) is 0.785. The van der Waals surface area contributed by atoms with Crippen molar-refractivity contribution in [3.63, 3.8) is 0 Å². The molecule has 0 aromatic heterocycles. The van der Waals surface area contributed by atoms with Crippen LogP contribution in [0.15, 0.2) is 22.7 Å². The highest BCUT2D eigenvalue weighted by Gasteiger charge is 2.18. The molecule has 1 aromatic carbocycles. The fourth-order valence-electron chi connectivity index (χ4n) is 1.86. The number of amides is 1. The van der Waals surface area contributed by atoms with Gasteiger partial charge in [0.2, 0.25) is 0 Å². The molecule has 1 rings (SSSR count). The summed E-state index contributed by atoms with van der Waals surface area (Å²) in [4.78, 5) is 23.0. The van der Waals surface area contributed by atoms with Crippen LogP contribution in [-0.2, 0) is 4.79 Å². The van der Waals surface area contributed by atoms with E-state index in [4.69, 9.17) is 9.84 Å². The maximum atomic E-state index is 12.0. The standard InChI is InChI=1S/C15H20BrNO4/c1-4-5-9(2)17-14(18)10(3)21-11-6-7-13(16)12(8-11)15(19)20/h6-10H,4-5H2,1-3H3,(H,17,18)(H,19,20). The second-order valence-electron chi connectivity index (χ2n) is 4.91. The molecule has 0 heterocycles. The topological polar surface area (TPSA) is 75.6 Å². The molecular formula is C15H20BrNO4. The summed E-state index contributed by atoms with van der Waals surface area (Å²) in [6.07, 6.45) is 1.21. The molecule has 21 heavy (non-hydrogen) atoms. The number of rotatable bonds is 7. The van der Waals surface area contributed by atoms with E-state index in [9.17, 15) is 9.59 Å². The largest absolute Gasteiger partial charge is 0.481 e. The molecule has 2 atom stereocenters. The van der Waals surface area contributed by atoms with Crippen molar-refractivity contribution < 1.29 is 19.4 Å². The number of aromatic carboxylic acids is 1.